The first-order valence-electron chi connectivity index (χ1n) is 5.96. The zero-order valence-electron chi connectivity index (χ0n) is 11.3. The number of aliphatic hydroxyl groups excluding tert-OH is 2. The molecular weight excluding hydrogens is 337 g/mol. The second-order valence-corrected chi connectivity index (χ2v) is 5.75. The van der Waals surface area contributed by atoms with Crippen LogP contribution in [0.5, 0.6) is 0 Å². The van der Waals surface area contributed by atoms with Crippen LogP contribution in [0.3, 0.4) is 0 Å². The number of phosphoric ester groups is 1. The average Bonchev–Trinajstić information content (AvgIpc) is 2.95. The minimum atomic E-state index is -4.90. The van der Waals surface area contributed by atoms with E-state index >= 15 is 0 Å². The maximum atomic E-state index is 10.8. The summed E-state index contributed by atoms with van der Waals surface area (Å²) in [7, 11) is -4.90. The number of nitrogens with two attached hydrogens (primary N) is 1. The minimum Gasteiger partial charge on any atom is -0.412 e. The van der Waals surface area contributed by atoms with Gasteiger partial charge in [-0.15, -0.1) is 0 Å². The molecule has 0 amide bonds. The highest BCUT2D eigenvalue weighted by atomic mass is 31.2. The van der Waals surface area contributed by atoms with Crippen LogP contribution in [-0.4, -0.2) is 63.5 Å². The second-order valence-electron chi connectivity index (χ2n) is 4.56. The van der Waals surface area contributed by atoms with Gasteiger partial charge in [-0.3, -0.25) is 9.09 Å². The van der Waals surface area contributed by atoms with Crippen molar-refractivity contribution >= 4 is 24.8 Å². The van der Waals surface area contributed by atoms with Crippen molar-refractivity contribution < 1.29 is 39.3 Å². The Balaban J connectivity index is 0.00000192. The van der Waals surface area contributed by atoms with Gasteiger partial charge >= 0.3 is 7.82 Å². The fourth-order valence-electron chi connectivity index (χ4n) is 2.14. The van der Waals surface area contributed by atoms with Crippen LogP contribution in [-0.2, 0) is 13.8 Å². The molecule has 1 aliphatic rings. The minimum absolute atomic E-state index is 0. The zero-order chi connectivity index (χ0) is 16.1. The smallest absolute Gasteiger partial charge is 0.412 e. The molecule has 0 aliphatic carbocycles. The predicted molar refractivity (Wildman–Crippen MR) is 72.4 cm³/mol. The van der Waals surface area contributed by atoms with E-state index in [9.17, 15) is 14.8 Å². The number of nitrogen functional groups attached to an aromatic ring is 1. The number of hydrogen-bond acceptors (Lipinski definition) is 9. The number of rotatable bonds is 3. The highest BCUT2D eigenvalue weighted by molar-refractivity contribution is 7.46. The van der Waals surface area contributed by atoms with Crippen LogP contribution in [0.25, 0.3) is 11.2 Å². The number of phosphoric acid groups is 1. The van der Waals surface area contributed by atoms with Gasteiger partial charge in [0.05, 0.1) is 6.33 Å². The van der Waals surface area contributed by atoms with Crippen LogP contribution in [0.1, 0.15) is 6.23 Å². The molecule has 1 aliphatic heterocycles. The molecule has 4 atom stereocenters. The van der Waals surface area contributed by atoms with Crippen LogP contribution < -0.4 is 5.73 Å². The molecule has 3 rings (SSSR count). The summed E-state index contributed by atoms with van der Waals surface area (Å²) in [5, 5.41) is 19.8. The van der Waals surface area contributed by atoms with E-state index in [0.29, 0.717) is 0 Å². The SMILES string of the molecule is Nc1ncnc2c1ncn2[C@@H]1O[C@H](OP(=O)(O)O)[C@@H](O)[C@H]1O.O. The van der Waals surface area contributed by atoms with Gasteiger partial charge in [-0.2, -0.15) is 0 Å². The lowest BCUT2D eigenvalue weighted by Gasteiger charge is -2.16. The first-order chi connectivity index (χ1) is 10.3. The molecule has 0 unspecified atom stereocenters. The highest BCUT2D eigenvalue weighted by Gasteiger charge is 2.47. The van der Waals surface area contributed by atoms with Crippen LogP contribution in [0, 0.1) is 0 Å². The summed E-state index contributed by atoms with van der Waals surface area (Å²) in [5.41, 5.74) is 6.11. The number of ether oxygens (including phenoxy) is 1. The Labute approximate surface area is 127 Å². The van der Waals surface area contributed by atoms with Gasteiger partial charge < -0.3 is 35.9 Å². The first kappa shape index (κ1) is 17.7. The molecule has 0 bridgehead atoms. The molecule has 128 valence electrons. The number of hydrogen-bond donors (Lipinski definition) is 5. The summed E-state index contributed by atoms with van der Waals surface area (Å²) < 4.78 is 21.5. The van der Waals surface area contributed by atoms with Crippen LogP contribution in [0.15, 0.2) is 12.7 Å². The molecule has 23 heavy (non-hydrogen) atoms. The molecule has 3 heterocycles. The van der Waals surface area contributed by atoms with Gasteiger partial charge in [0, 0.05) is 0 Å². The van der Waals surface area contributed by atoms with Crippen molar-refractivity contribution in [1.82, 2.24) is 19.5 Å². The Morgan fingerprint density at radius 2 is 1.96 bits per heavy atom. The lowest BCUT2D eigenvalue weighted by atomic mass is 10.2. The fourth-order valence-corrected chi connectivity index (χ4v) is 2.58. The van der Waals surface area contributed by atoms with Crippen molar-refractivity contribution in [3.63, 3.8) is 0 Å². The molecule has 0 aromatic carbocycles. The van der Waals surface area contributed by atoms with Gasteiger partial charge in [-0.05, 0) is 0 Å². The van der Waals surface area contributed by atoms with Gasteiger partial charge in [-0.25, -0.2) is 19.5 Å². The molecule has 8 N–H and O–H groups in total. The largest absolute Gasteiger partial charge is 0.472 e. The summed E-state index contributed by atoms with van der Waals surface area (Å²) in [5.74, 6) is 0.111. The number of aliphatic hydroxyl groups is 2. The number of nitrogens with zero attached hydrogens (tertiary/aromatic N) is 4. The molecule has 0 saturated carbocycles. The predicted octanol–water partition coefficient (Wildman–Crippen LogP) is -2.73. The van der Waals surface area contributed by atoms with E-state index in [4.69, 9.17) is 20.3 Å². The lowest BCUT2D eigenvalue weighted by molar-refractivity contribution is -0.134. The maximum absolute atomic E-state index is 10.8. The van der Waals surface area contributed by atoms with E-state index in [2.05, 4.69) is 19.5 Å². The second kappa shape index (κ2) is 6.07. The topological polar surface area (TPSA) is 218 Å². The van der Waals surface area contributed by atoms with Gasteiger partial charge in [-0.1, -0.05) is 0 Å². The van der Waals surface area contributed by atoms with Gasteiger partial charge in [0.15, 0.2) is 24.0 Å². The standard InChI is InChI=1S/C9H12N5O7P.H2O/c10-6-3-7(12-1-11-6)14(2-13-3)8-4(15)5(16)9(20-8)21-22(17,18)19;/h1-2,4-5,8-9,15-16H,(H2,10,11,12)(H2,17,18,19);1H2/t4-,5+,8-,9-;/m1./s1. The Bertz CT molecular complexity index is 749. The monoisotopic (exact) mass is 351 g/mol. The van der Waals surface area contributed by atoms with Gasteiger partial charge in [0.25, 0.3) is 0 Å². The van der Waals surface area contributed by atoms with Crippen LogP contribution in [0.4, 0.5) is 5.82 Å². The first-order valence-corrected chi connectivity index (χ1v) is 7.49. The van der Waals surface area contributed by atoms with Crippen molar-refractivity contribution in [2.24, 2.45) is 0 Å². The molecule has 2 aromatic heterocycles. The third-order valence-electron chi connectivity index (χ3n) is 3.10. The van der Waals surface area contributed by atoms with Crippen molar-refractivity contribution in [3.05, 3.63) is 12.7 Å². The third-order valence-corrected chi connectivity index (χ3v) is 3.58. The number of anilines is 1. The lowest BCUT2D eigenvalue weighted by Crippen LogP contribution is -2.32. The van der Waals surface area contributed by atoms with Gasteiger partial charge in [0.2, 0.25) is 0 Å². The molecule has 1 fully saturated rings. The number of aromatic nitrogens is 4. The molecule has 1 saturated heterocycles. The third kappa shape index (κ3) is 3.17. The summed E-state index contributed by atoms with van der Waals surface area (Å²) in [6.07, 6.45) is -3.70. The Kier molecular flexibility index (Phi) is 4.66. The van der Waals surface area contributed by atoms with E-state index in [1.54, 1.807) is 0 Å². The van der Waals surface area contributed by atoms with Crippen LogP contribution >= 0.6 is 7.82 Å². The summed E-state index contributed by atoms with van der Waals surface area (Å²) in [6, 6.07) is 0. The molecular formula is C9H14N5O8P. The number of imidazole rings is 1. The van der Waals surface area contributed by atoms with Crippen molar-refractivity contribution in [3.8, 4) is 0 Å². The van der Waals surface area contributed by atoms with E-state index in [1.807, 2.05) is 0 Å². The van der Waals surface area contributed by atoms with E-state index in [0.717, 1.165) is 0 Å². The molecule has 0 radical (unpaired) electrons. The summed E-state index contributed by atoms with van der Waals surface area (Å²) >= 11 is 0. The number of fused-ring (bicyclic) bond motifs is 1. The van der Waals surface area contributed by atoms with Crippen molar-refractivity contribution in [1.29, 1.82) is 0 Å². The highest BCUT2D eigenvalue weighted by Crippen LogP contribution is 2.43. The molecule has 0 spiro atoms. The normalized spacial score (nSPS) is 28.0. The Hall–Kier alpha value is -1.70. The molecule has 14 heteroatoms. The summed E-state index contributed by atoms with van der Waals surface area (Å²) in [6.45, 7) is 0. The quantitative estimate of drug-likeness (QED) is 0.357. The Morgan fingerprint density at radius 3 is 2.61 bits per heavy atom. The van der Waals surface area contributed by atoms with E-state index < -0.39 is 32.5 Å². The van der Waals surface area contributed by atoms with Crippen LogP contribution in [0.2, 0.25) is 0 Å². The molecule has 2 aromatic rings. The zero-order valence-corrected chi connectivity index (χ0v) is 12.2. The van der Waals surface area contributed by atoms with E-state index in [-0.39, 0.29) is 22.5 Å². The fraction of sp³-hybridized carbons (Fsp3) is 0.444. The van der Waals surface area contributed by atoms with Crippen molar-refractivity contribution in [2.45, 2.75) is 24.7 Å². The summed E-state index contributed by atoms with van der Waals surface area (Å²) in [4.78, 5) is 29.2. The maximum Gasteiger partial charge on any atom is 0.472 e. The van der Waals surface area contributed by atoms with Crippen molar-refractivity contribution in [2.75, 3.05) is 5.73 Å². The average molecular weight is 351 g/mol. The Morgan fingerprint density at radius 1 is 1.26 bits per heavy atom. The molecule has 13 nitrogen and oxygen atoms in total. The van der Waals surface area contributed by atoms with E-state index in [1.165, 1.54) is 17.2 Å². The van der Waals surface area contributed by atoms with Gasteiger partial charge in [0.1, 0.15) is 24.1 Å².